The fraction of sp³-hybridized carbons (Fsp3) is 0.562. The third-order valence-electron chi connectivity index (χ3n) is 3.69. The lowest BCUT2D eigenvalue weighted by atomic mass is 10.2. The SMILES string of the molecule is COCCN(CCCC(=O)Nc1ccc(N)cc1)C1CC1. The van der Waals surface area contributed by atoms with Gasteiger partial charge in [-0.25, -0.2) is 0 Å². The summed E-state index contributed by atoms with van der Waals surface area (Å²) >= 11 is 0. The van der Waals surface area contributed by atoms with Gasteiger partial charge in [-0.3, -0.25) is 9.69 Å². The molecule has 1 aliphatic carbocycles. The van der Waals surface area contributed by atoms with Crippen LogP contribution in [0.1, 0.15) is 25.7 Å². The van der Waals surface area contributed by atoms with E-state index in [4.69, 9.17) is 10.5 Å². The molecule has 0 unspecified atom stereocenters. The summed E-state index contributed by atoms with van der Waals surface area (Å²) in [6.45, 7) is 2.68. The number of carbonyl (C=O) groups is 1. The lowest BCUT2D eigenvalue weighted by molar-refractivity contribution is -0.116. The molecule has 2 rings (SSSR count). The molecule has 0 aromatic heterocycles. The summed E-state index contributed by atoms with van der Waals surface area (Å²) < 4.78 is 5.14. The van der Waals surface area contributed by atoms with Crippen LogP contribution >= 0.6 is 0 Å². The molecule has 1 fully saturated rings. The van der Waals surface area contributed by atoms with Crippen LogP contribution in [-0.2, 0) is 9.53 Å². The van der Waals surface area contributed by atoms with Gasteiger partial charge in [-0.15, -0.1) is 0 Å². The van der Waals surface area contributed by atoms with Crippen LogP contribution in [0.4, 0.5) is 11.4 Å². The standard InChI is InChI=1S/C16H25N3O2/c1-21-12-11-19(15-8-9-15)10-2-3-16(20)18-14-6-4-13(17)5-7-14/h4-7,15H,2-3,8-12,17H2,1H3,(H,18,20). The molecule has 1 aliphatic rings. The van der Waals surface area contributed by atoms with E-state index in [9.17, 15) is 4.79 Å². The minimum Gasteiger partial charge on any atom is -0.399 e. The number of carbonyl (C=O) groups excluding carboxylic acids is 1. The van der Waals surface area contributed by atoms with Crippen LogP contribution in [0.15, 0.2) is 24.3 Å². The number of amides is 1. The zero-order valence-electron chi connectivity index (χ0n) is 12.7. The lowest BCUT2D eigenvalue weighted by Gasteiger charge is -2.21. The maximum Gasteiger partial charge on any atom is 0.224 e. The van der Waals surface area contributed by atoms with Crippen molar-refractivity contribution in [3.63, 3.8) is 0 Å². The molecule has 0 bridgehead atoms. The van der Waals surface area contributed by atoms with E-state index in [1.165, 1.54) is 12.8 Å². The number of hydrogen-bond acceptors (Lipinski definition) is 4. The van der Waals surface area contributed by atoms with E-state index < -0.39 is 0 Å². The quantitative estimate of drug-likeness (QED) is 0.684. The maximum absolute atomic E-state index is 11.9. The number of nitrogens with zero attached hydrogens (tertiary/aromatic N) is 1. The van der Waals surface area contributed by atoms with Crippen LogP contribution in [0.3, 0.4) is 0 Å². The van der Waals surface area contributed by atoms with Gasteiger partial charge in [0.2, 0.25) is 5.91 Å². The molecule has 21 heavy (non-hydrogen) atoms. The molecule has 0 spiro atoms. The van der Waals surface area contributed by atoms with Crippen molar-refractivity contribution < 1.29 is 9.53 Å². The highest BCUT2D eigenvalue weighted by Crippen LogP contribution is 2.26. The lowest BCUT2D eigenvalue weighted by Crippen LogP contribution is -2.31. The monoisotopic (exact) mass is 291 g/mol. The van der Waals surface area contributed by atoms with Gasteiger partial charge in [-0.2, -0.15) is 0 Å². The van der Waals surface area contributed by atoms with E-state index in [-0.39, 0.29) is 5.91 Å². The molecule has 116 valence electrons. The van der Waals surface area contributed by atoms with Gasteiger partial charge in [0.25, 0.3) is 0 Å². The molecule has 0 radical (unpaired) electrons. The topological polar surface area (TPSA) is 67.6 Å². The molecular formula is C16H25N3O2. The fourth-order valence-electron chi connectivity index (χ4n) is 2.36. The molecule has 1 aromatic rings. The van der Waals surface area contributed by atoms with Crippen molar-refractivity contribution in [2.45, 2.75) is 31.7 Å². The number of ether oxygens (including phenoxy) is 1. The zero-order chi connectivity index (χ0) is 15.1. The predicted molar refractivity (Wildman–Crippen MR) is 85.2 cm³/mol. The van der Waals surface area contributed by atoms with Crippen molar-refractivity contribution in [2.75, 3.05) is 37.9 Å². The molecule has 0 saturated heterocycles. The van der Waals surface area contributed by atoms with Crippen molar-refractivity contribution in [3.8, 4) is 0 Å². The molecule has 0 heterocycles. The minimum atomic E-state index is 0.0576. The van der Waals surface area contributed by atoms with Crippen LogP contribution in [0.25, 0.3) is 0 Å². The van der Waals surface area contributed by atoms with Crippen molar-refractivity contribution in [2.24, 2.45) is 0 Å². The second-order valence-electron chi connectivity index (χ2n) is 5.53. The van der Waals surface area contributed by atoms with Gasteiger partial charge >= 0.3 is 0 Å². The molecule has 5 nitrogen and oxygen atoms in total. The molecule has 0 atom stereocenters. The number of rotatable bonds is 9. The molecule has 1 saturated carbocycles. The first-order valence-electron chi connectivity index (χ1n) is 7.57. The second kappa shape index (κ2) is 8.00. The number of methoxy groups -OCH3 is 1. The number of nitrogen functional groups attached to an aromatic ring is 1. The number of anilines is 2. The molecule has 5 heteroatoms. The summed E-state index contributed by atoms with van der Waals surface area (Å²) in [4.78, 5) is 14.3. The normalized spacial score (nSPS) is 14.4. The van der Waals surface area contributed by atoms with Crippen LogP contribution in [-0.4, -0.2) is 43.7 Å². The third-order valence-corrected chi connectivity index (χ3v) is 3.69. The Hall–Kier alpha value is -1.59. The highest BCUT2D eigenvalue weighted by Gasteiger charge is 2.28. The molecule has 0 aliphatic heterocycles. The van der Waals surface area contributed by atoms with Gasteiger partial charge in [-0.05, 0) is 50.1 Å². The van der Waals surface area contributed by atoms with Crippen LogP contribution in [0, 0.1) is 0 Å². The Bertz CT molecular complexity index is 443. The average molecular weight is 291 g/mol. The highest BCUT2D eigenvalue weighted by atomic mass is 16.5. The molecule has 3 N–H and O–H groups in total. The van der Waals surface area contributed by atoms with E-state index in [1.54, 1.807) is 19.2 Å². The van der Waals surface area contributed by atoms with Gasteiger partial charge in [0.15, 0.2) is 0 Å². The van der Waals surface area contributed by atoms with Gasteiger partial charge in [0.05, 0.1) is 6.61 Å². The van der Waals surface area contributed by atoms with E-state index >= 15 is 0 Å². The van der Waals surface area contributed by atoms with Gasteiger partial charge < -0.3 is 15.8 Å². The van der Waals surface area contributed by atoms with E-state index in [1.807, 2.05) is 12.1 Å². The smallest absolute Gasteiger partial charge is 0.224 e. The number of hydrogen-bond donors (Lipinski definition) is 2. The van der Waals surface area contributed by atoms with E-state index in [0.29, 0.717) is 18.2 Å². The Kier molecular flexibility index (Phi) is 6.02. The summed E-state index contributed by atoms with van der Waals surface area (Å²) in [7, 11) is 1.73. The molecule has 1 aromatic carbocycles. The largest absolute Gasteiger partial charge is 0.399 e. The van der Waals surface area contributed by atoms with Crippen molar-refractivity contribution in [3.05, 3.63) is 24.3 Å². The third kappa shape index (κ3) is 5.73. The van der Waals surface area contributed by atoms with Crippen LogP contribution in [0.5, 0.6) is 0 Å². The van der Waals surface area contributed by atoms with E-state index in [0.717, 1.165) is 31.8 Å². The van der Waals surface area contributed by atoms with Crippen molar-refractivity contribution >= 4 is 17.3 Å². The summed E-state index contributed by atoms with van der Waals surface area (Å²) in [5, 5.41) is 2.89. The van der Waals surface area contributed by atoms with Gasteiger partial charge in [-0.1, -0.05) is 0 Å². The van der Waals surface area contributed by atoms with Crippen molar-refractivity contribution in [1.82, 2.24) is 4.90 Å². The molecule has 1 amide bonds. The molecular weight excluding hydrogens is 266 g/mol. The Labute approximate surface area is 126 Å². The van der Waals surface area contributed by atoms with Gasteiger partial charge in [0.1, 0.15) is 0 Å². The summed E-state index contributed by atoms with van der Waals surface area (Å²) in [5.41, 5.74) is 7.12. The van der Waals surface area contributed by atoms with Gasteiger partial charge in [0, 0.05) is 37.5 Å². The number of benzene rings is 1. The second-order valence-corrected chi connectivity index (χ2v) is 5.53. The maximum atomic E-state index is 11.9. The summed E-state index contributed by atoms with van der Waals surface area (Å²) in [5.74, 6) is 0.0576. The minimum absolute atomic E-state index is 0.0576. The highest BCUT2D eigenvalue weighted by molar-refractivity contribution is 5.90. The first-order valence-corrected chi connectivity index (χ1v) is 7.57. The number of nitrogens with two attached hydrogens (primary N) is 1. The predicted octanol–water partition coefficient (Wildman–Crippen LogP) is 2.10. The Morgan fingerprint density at radius 3 is 2.67 bits per heavy atom. The fourth-order valence-corrected chi connectivity index (χ4v) is 2.36. The number of nitrogens with one attached hydrogen (secondary N) is 1. The first kappa shape index (κ1) is 15.8. The first-order chi connectivity index (χ1) is 10.2. The van der Waals surface area contributed by atoms with Crippen molar-refractivity contribution in [1.29, 1.82) is 0 Å². The van der Waals surface area contributed by atoms with Crippen LogP contribution < -0.4 is 11.1 Å². The average Bonchev–Trinajstić information content (AvgIpc) is 3.30. The Balaban J connectivity index is 1.67. The summed E-state index contributed by atoms with van der Waals surface area (Å²) in [6.07, 6.45) is 3.98. The Morgan fingerprint density at radius 2 is 2.05 bits per heavy atom. The zero-order valence-corrected chi connectivity index (χ0v) is 12.7. The summed E-state index contributed by atoms with van der Waals surface area (Å²) in [6, 6.07) is 7.93. The van der Waals surface area contributed by atoms with Crippen LogP contribution in [0.2, 0.25) is 0 Å². The Morgan fingerprint density at radius 1 is 1.33 bits per heavy atom. The van der Waals surface area contributed by atoms with E-state index in [2.05, 4.69) is 10.2 Å².